The second kappa shape index (κ2) is 7.17. The van der Waals surface area contributed by atoms with Gasteiger partial charge in [-0.2, -0.15) is 5.10 Å². The van der Waals surface area contributed by atoms with Crippen molar-refractivity contribution in [2.45, 2.75) is 26.7 Å². The van der Waals surface area contributed by atoms with Gasteiger partial charge in [-0.15, -0.1) is 0 Å². The highest BCUT2D eigenvalue weighted by atomic mass is 16.4. The quantitative estimate of drug-likeness (QED) is 0.905. The molecule has 1 N–H and O–H groups in total. The Balaban J connectivity index is 1.67. The van der Waals surface area contributed by atoms with E-state index in [0.717, 1.165) is 44.6 Å². The van der Waals surface area contributed by atoms with E-state index in [1.807, 2.05) is 18.1 Å². The molecule has 2 aromatic rings. The van der Waals surface area contributed by atoms with Gasteiger partial charge in [-0.05, 0) is 38.8 Å². The van der Waals surface area contributed by atoms with Gasteiger partial charge in [0.05, 0.1) is 11.8 Å². The number of nitrogens with zero attached hydrogens (tertiary/aromatic N) is 4. The summed E-state index contributed by atoms with van der Waals surface area (Å²) in [4.78, 5) is 19.1. The molecule has 0 atom stereocenters. The van der Waals surface area contributed by atoms with E-state index in [9.17, 15) is 4.79 Å². The summed E-state index contributed by atoms with van der Waals surface area (Å²) in [6, 6.07) is 0. The van der Waals surface area contributed by atoms with E-state index in [2.05, 4.69) is 22.3 Å². The highest BCUT2D eigenvalue weighted by molar-refractivity contribution is 5.93. The fourth-order valence-corrected chi connectivity index (χ4v) is 3.09. The van der Waals surface area contributed by atoms with E-state index in [0.29, 0.717) is 23.3 Å². The molecule has 1 aliphatic heterocycles. The summed E-state index contributed by atoms with van der Waals surface area (Å²) in [6.07, 6.45) is 5.58. The number of hydrogen-bond donors (Lipinski definition) is 1. The van der Waals surface area contributed by atoms with Gasteiger partial charge in [-0.1, -0.05) is 6.92 Å². The van der Waals surface area contributed by atoms with Gasteiger partial charge in [0.25, 0.3) is 5.91 Å². The predicted octanol–water partition coefficient (Wildman–Crippen LogP) is 1.85. The third-order valence-corrected chi connectivity index (χ3v) is 4.54. The predicted molar refractivity (Wildman–Crippen MR) is 90.6 cm³/mol. The first-order chi connectivity index (χ1) is 11.6. The monoisotopic (exact) mass is 331 g/mol. The molecular formula is C17H25N5O2. The number of oxazole rings is 1. The lowest BCUT2D eigenvalue weighted by Crippen LogP contribution is -2.41. The van der Waals surface area contributed by atoms with Crippen LogP contribution in [0.25, 0.3) is 11.5 Å². The first-order valence-electron chi connectivity index (χ1n) is 8.55. The van der Waals surface area contributed by atoms with E-state index in [4.69, 9.17) is 4.42 Å². The minimum atomic E-state index is -0.0340. The van der Waals surface area contributed by atoms with Gasteiger partial charge < -0.3 is 14.6 Å². The zero-order chi connectivity index (χ0) is 17.1. The maximum Gasteiger partial charge on any atom is 0.276 e. The second-order valence-electron chi connectivity index (χ2n) is 6.37. The molecule has 130 valence electrons. The average Bonchev–Trinajstić information content (AvgIpc) is 3.18. The maximum absolute atomic E-state index is 12.8. The number of nitrogens with one attached hydrogen (secondary N) is 1. The first kappa shape index (κ1) is 16.7. The number of aryl methyl sites for hydroxylation is 2. The summed E-state index contributed by atoms with van der Waals surface area (Å²) in [6.45, 7) is 7.50. The molecule has 0 saturated carbocycles. The van der Waals surface area contributed by atoms with Crippen molar-refractivity contribution in [2.24, 2.45) is 13.0 Å². The summed E-state index contributed by atoms with van der Waals surface area (Å²) in [5, 5.41) is 7.50. The van der Waals surface area contributed by atoms with E-state index in [1.54, 1.807) is 17.8 Å². The number of hydrogen-bond acceptors (Lipinski definition) is 5. The maximum atomic E-state index is 12.8. The Labute approximate surface area is 142 Å². The molecule has 0 spiro atoms. The van der Waals surface area contributed by atoms with Crippen molar-refractivity contribution in [2.75, 3.05) is 26.2 Å². The molecule has 1 saturated heterocycles. The number of amides is 1. The smallest absolute Gasteiger partial charge is 0.276 e. The number of carbonyl (C=O) groups is 1. The molecule has 0 radical (unpaired) electrons. The molecule has 0 aromatic carbocycles. The van der Waals surface area contributed by atoms with E-state index in [1.165, 1.54) is 0 Å². The second-order valence-corrected chi connectivity index (χ2v) is 6.37. The van der Waals surface area contributed by atoms with Gasteiger partial charge >= 0.3 is 0 Å². The highest BCUT2D eigenvalue weighted by Crippen LogP contribution is 2.24. The van der Waals surface area contributed by atoms with Crippen LogP contribution in [-0.2, 0) is 7.05 Å². The zero-order valence-corrected chi connectivity index (χ0v) is 14.6. The molecule has 1 fully saturated rings. The van der Waals surface area contributed by atoms with Crippen molar-refractivity contribution >= 4 is 5.91 Å². The van der Waals surface area contributed by atoms with Gasteiger partial charge in [0, 0.05) is 26.3 Å². The van der Waals surface area contributed by atoms with Gasteiger partial charge in [0.15, 0.2) is 5.69 Å². The minimum Gasteiger partial charge on any atom is -0.440 e. The van der Waals surface area contributed by atoms with Crippen LogP contribution in [0.2, 0.25) is 0 Å². The Morgan fingerprint density at radius 1 is 1.42 bits per heavy atom. The van der Waals surface area contributed by atoms with E-state index >= 15 is 0 Å². The number of rotatable bonds is 5. The standard InChI is InChI=1S/C17H25N5O2/c1-4-18-9-13-5-7-22(8-6-13)17(23)15-12(2)24-16(20-15)14-10-19-21(3)11-14/h10-11,13,18H,4-9H2,1-3H3. The summed E-state index contributed by atoms with van der Waals surface area (Å²) >= 11 is 0. The van der Waals surface area contributed by atoms with Gasteiger partial charge in [-0.25, -0.2) is 4.98 Å². The number of piperidine rings is 1. The van der Waals surface area contributed by atoms with Crippen LogP contribution in [0.15, 0.2) is 16.8 Å². The molecule has 1 aliphatic rings. The van der Waals surface area contributed by atoms with Crippen LogP contribution in [0, 0.1) is 12.8 Å². The molecule has 0 aliphatic carbocycles. The first-order valence-corrected chi connectivity index (χ1v) is 8.55. The summed E-state index contributed by atoms with van der Waals surface area (Å²) in [7, 11) is 1.84. The SMILES string of the molecule is CCNCC1CCN(C(=O)c2nc(-c3cnn(C)c3)oc2C)CC1. The zero-order valence-electron chi connectivity index (χ0n) is 14.6. The Bertz CT molecular complexity index is 698. The Kier molecular flexibility index (Phi) is 4.99. The molecular weight excluding hydrogens is 306 g/mol. The average molecular weight is 331 g/mol. The topological polar surface area (TPSA) is 76.2 Å². The van der Waals surface area contributed by atoms with Crippen molar-refractivity contribution in [1.29, 1.82) is 0 Å². The molecule has 0 unspecified atom stereocenters. The van der Waals surface area contributed by atoms with Crippen LogP contribution in [0.5, 0.6) is 0 Å². The van der Waals surface area contributed by atoms with E-state index in [-0.39, 0.29) is 5.91 Å². The molecule has 0 bridgehead atoms. The largest absolute Gasteiger partial charge is 0.440 e. The summed E-state index contributed by atoms with van der Waals surface area (Å²) < 4.78 is 7.36. The van der Waals surface area contributed by atoms with Crippen LogP contribution >= 0.6 is 0 Å². The highest BCUT2D eigenvalue weighted by Gasteiger charge is 2.27. The van der Waals surface area contributed by atoms with E-state index < -0.39 is 0 Å². The molecule has 1 amide bonds. The van der Waals surface area contributed by atoms with Crippen LogP contribution in [0.4, 0.5) is 0 Å². The third kappa shape index (κ3) is 3.51. The minimum absolute atomic E-state index is 0.0340. The fraction of sp³-hybridized carbons (Fsp3) is 0.588. The molecule has 2 aromatic heterocycles. The number of carbonyl (C=O) groups excluding carboxylic acids is 1. The summed E-state index contributed by atoms with van der Waals surface area (Å²) in [5.74, 6) is 1.63. The van der Waals surface area contributed by atoms with Crippen LogP contribution in [-0.4, -0.2) is 51.8 Å². The summed E-state index contributed by atoms with van der Waals surface area (Å²) in [5.41, 5.74) is 1.20. The van der Waals surface area contributed by atoms with Crippen LogP contribution < -0.4 is 5.32 Å². The lowest BCUT2D eigenvalue weighted by atomic mass is 9.96. The van der Waals surface area contributed by atoms with Gasteiger partial charge in [-0.3, -0.25) is 9.48 Å². The number of aromatic nitrogens is 3. The van der Waals surface area contributed by atoms with Crippen molar-refractivity contribution < 1.29 is 9.21 Å². The Hall–Kier alpha value is -2.15. The fourth-order valence-electron chi connectivity index (χ4n) is 3.09. The lowest BCUT2D eigenvalue weighted by Gasteiger charge is -2.31. The Morgan fingerprint density at radius 2 is 2.17 bits per heavy atom. The van der Waals surface area contributed by atoms with Crippen molar-refractivity contribution in [3.8, 4) is 11.5 Å². The van der Waals surface area contributed by atoms with Crippen molar-refractivity contribution in [1.82, 2.24) is 25.0 Å². The molecule has 7 nitrogen and oxygen atoms in total. The number of likely N-dealkylation sites (tertiary alicyclic amines) is 1. The molecule has 3 rings (SSSR count). The Morgan fingerprint density at radius 3 is 2.79 bits per heavy atom. The van der Waals surface area contributed by atoms with Crippen LogP contribution in [0.1, 0.15) is 36.0 Å². The molecule has 24 heavy (non-hydrogen) atoms. The lowest BCUT2D eigenvalue weighted by molar-refractivity contribution is 0.0683. The molecule has 3 heterocycles. The molecule has 7 heteroatoms. The third-order valence-electron chi connectivity index (χ3n) is 4.54. The van der Waals surface area contributed by atoms with Gasteiger partial charge in [0.1, 0.15) is 5.76 Å². The van der Waals surface area contributed by atoms with Crippen molar-refractivity contribution in [3.05, 3.63) is 23.8 Å². The van der Waals surface area contributed by atoms with Crippen molar-refractivity contribution in [3.63, 3.8) is 0 Å². The normalized spacial score (nSPS) is 15.9. The van der Waals surface area contributed by atoms with Gasteiger partial charge in [0.2, 0.25) is 5.89 Å². The van der Waals surface area contributed by atoms with Crippen LogP contribution in [0.3, 0.4) is 0 Å².